The van der Waals surface area contributed by atoms with Crippen molar-refractivity contribution in [2.45, 2.75) is 65.8 Å². The maximum absolute atomic E-state index is 6.05. The lowest BCUT2D eigenvalue weighted by atomic mass is 9.82. The molecule has 1 atom stereocenters. The van der Waals surface area contributed by atoms with E-state index in [4.69, 9.17) is 10.8 Å². The number of terminal acetylenes is 1. The summed E-state index contributed by atoms with van der Waals surface area (Å²) < 4.78 is 6.05. The first-order valence-corrected chi connectivity index (χ1v) is 9.27. The molecule has 0 heterocycles. The molecule has 88 valence electrons. The monoisotopic (exact) mass is 226 g/mol. The first kappa shape index (κ1) is 14.7. The van der Waals surface area contributed by atoms with Gasteiger partial charge in [0, 0.05) is 5.41 Å². The van der Waals surface area contributed by atoms with Crippen LogP contribution in [0.4, 0.5) is 0 Å². The SMILES string of the molecule is C#C[C@@H](O[Si](C)(C)C)C(C)(C)CCCC. The third-order valence-corrected chi connectivity index (χ3v) is 3.45. The Kier molecular flexibility index (Phi) is 5.62. The molecule has 0 aliphatic heterocycles. The molecule has 2 heteroatoms. The molecule has 0 bridgehead atoms. The van der Waals surface area contributed by atoms with E-state index in [9.17, 15) is 0 Å². The fourth-order valence-electron chi connectivity index (χ4n) is 1.54. The molecule has 0 spiro atoms. The largest absolute Gasteiger partial charge is 0.404 e. The summed E-state index contributed by atoms with van der Waals surface area (Å²) in [5.74, 6) is 2.82. The van der Waals surface area contributed by atoms with Gasteiger partial charge in [-0.25, -0.2) is 0 Å². The van der Waals surface area contributed by atoms with Gasteiger partial charge in [0.25, 0.3) is 0 Å². The van der Waals surface area contributed by atoms with E-state index in [-0.39, 0.29) is 11.5 Å². The van der Waals surface area contributed by atoms with Gasteiger partial charge in [0.05, 0.1) is 0 Å². The molecule has 0 saturated heterocycles. The Morgan fingerprint density at radius 2 is 1.87 bits per heavy atom. The van der Waals surface area contributed by atoms with Crippen LogP contribution in [-0.4, -0.2) is 14.4 Å². The highest BCUT2D eigenvalue weighted by molar-refractivity contribution is 6.69. The number of rotatable bonds is 6. The highest BCUT2D eigenvalue weighted by Crippen LogP contribution is 2.31. The average molecular weight is 226 g/mol. The fourth-order valence-corrected chi connectivity index (χ4v) is 2.63. The van der Waals surface area contributed by atoms with Crippen LogP contribution in [0, 0.1) is 17.8 Å². The topological polar surface area (TPSA) is 9.23 Å². The molecule has 0 unspecified atom stereocenters. The second-order valence-corrected chi connectivity index (χ2v) is 10.3. The summed E-state index contributed by atoms with van der Waals surface area (Å²) in [5.41, 5.74) is 0.102. The van der Waals surface area contributed by atoms with Crippen molar-refractivity contribution in [2.75, 3.05) is 0 Å². The fraction of sp³-hybridized carbons (Fsp3) is 0.846. The maximum atomic E-state index is 6.05. The van der Waals surface area contributed by atoms with Crippen LogP contribution < -0.4 is 0 Å². The molecule has 1 nitrogen and oxygen atoms in total. The number of unbranched alkanes of at least 4 members (excludes halogenated alkanes) is 1. The van der Waals surface area contributed by atoms with Crippen molar-refractivity contribution in [3.63, 3.8) is 0 Å². The van der Waals surface area contributed by atoms with Gasteiger partial charge in [-0.3, -0.25) is 0 Å². The van der Waals surface area contributed by atoms with E-state index in [0.29, 0.717) is 0 Å². The molecule has 0 aliphatic rings. The molecular weight excluding hydrogens is 200 g/mol. The van der Waals surface area contributed by atoms with Gasteiger partial charge in [-0.15, -0.1) is 6.42 Å². The minimum Gasteiger partial charge on any atom is -0.404 e. The van der Waals surface area contributed by atoms with E-state index in [1.165, 1.54) is 12.8 Å². The summed E-state index contributed by atoms with van der Waals surface area (Å²) in [6.45, 7) is 13.2. The van der Waals surface area contributed by atoms with Gasteiger partial charge in [-0.05, 0) is 26.1 Å². The molecule has 0 aliphatic carbocycles. The summed E-state index contributed by atoms with van der Waals surface area (Å²) in [6.07, 6.45) is 9.13. The minimum atomic E-state index is -1.53. The highest BCUT2D eigenvalue weighted by Gasteiger charge is 2.32. The van der Waals surface area contributed by atoms with Gasteiger partial charge in [-0.2, -0.15) is 0 Å². The Balaban J connectivity index is 4.46. The van der Waals surface area contributed by atoms with E-state index < -0.39 is 8.32 Å². The first-order valence-electron chi connectivity index (χ1n) is 5.87. The summed E-state index contributed by atoms with van der Waals surface area (Å²) in [5, 5.41) is 0. The summed E-state index contributed by atoms with van der Waals surface area (Å²) in [6, 6.07) is 0. The minimum absolute atomic E-state index is 0.0317. The van der Waals surface area contributed by atoms with E-state index in [1.807, 2.05) is 0 Å². The van der Waals surface area contributed by atoms with E-state index in [1.54, 1.807) is 0 Å². The van der Waals surface area contributed by atoms with Gasteiger partial charge >= 0.3 is 0 Å². The average Bonchev–Trinajstić information content (AvgIpc) is 2.09. The third kappa shape index (κ3) is 6.02. The quantitative estimate of drug-likeness (QED) is 0.490. The van der Waals surface area contributed by atoms with Crippen LogP contribution >= 0.6 is 0 Å². The second-order valence-electron chi connectivity index (χ2n) is 5.87. The van der Waals surface area contributed by atoms with Crippen LogP contribution in [0.5, 0.6) is 0 Å². The van der Waals surface area contributed by atoms with Crippen molar-refractivity contribution < 1.29 is 4.43 Å². The van der Waals surface area contributed by atoms with Gasteiger partial charge in [-0.1, -0.05) is 39.5 Å². The zero-order valence-corrected chi connectivity index (χ0v) is 12.2. The predicted molar refractivity (Wildman–Crippen MR) is 70.4 cm³/mol. The predicted octanol–water partition coefficient (Wildman–Crippen LogP) is 4.06. The Bertz CT molecular complexity index is 220. The van der Waals surface area contributed by atoms with Gasteiger partial charge in [0.15, 0.2) is 8.32 Å². The molecule has 0 rings (SSSR count). The molecule has 0 radical (unpaired) electrons. The normalized spacial score (nSPS) is 14.7. The Hall–Kier alpha value is -0.263. The molecule has 15 heavy (non-hydrogen) atoms. The van der Waals surface area contributed by atoms with Crippen LogP contribution in [-0.2, 0) is 4.43 Å². The van der Waals surface area contributed by atoms with Crippen molar-refractivity contribution >= 4 is 8.32 Å². The zero-order valence-electron chi connectivity index (χ0n) is 11.2. The molecular formula is C13H26OSi. The standard InChI is InChI=1S/C13H26OSi/c1-8-10-11-13(3,4)12(9-2)14-15(5,6)7/h2,12H,8,10-11H2,1,3-7H3/t12-/m1/s1. The van der Waals surface area contributed by atoms with Crippen LogP contribution in [0.15, 0.2) is 0 Å². The molecule has 0 amide bonds. The lowest BCUT2D eigenvalue weighted by Gasteiger charge is -2.35. The highest BCUT2D eigenvalue weighted by atomic mass is 28.4. The number of hydrogen-bond donors (Lipinski definition) is 0. The molecule has 0 N–H and O–H groups in total. The lowest BCUT2D eigenvalue weighted by Crippen LogP contribution is -2.39. The van der Waals surface area contributed by atoms with E-state index in [0.717, 1.165) is 6.42 Å². The Morgan fingerprint density at radius 1 is 1.33 bits per heavy atom. The van der Waals surface area contributed by atoms with Crippen molar-refractivity contribution in [1.82, 2.24) is 0 Å². The van der Waals surface area contributed by atoms with Gasteiger partial charge in [0.2, 0.25) is 0 Å². The van der Waals surface area contributed by atoms with Crippen LogP contribution in [0.1, 0.15) is 40.0 Å². The summed E-state index contributed by atoms with van der Waals surface area (Å²) >= 11 is 0. The zero-order chi connectivity index (χ0) is 12.1. The van der Waals surface area contributed by atoms with E-state index in [2.05, 4.69) is 46.3 Å². The summed E-state index contributed by atoms with van der Waals surface area (Å²) in [4.78, 5) is 0. The summed E-state index contributed by atoms with van der Waals surface area (Å²) in [7, 11) is -1.53. The lowest BCUT2D eigenvalue weighted by molar-refractivity contribution is 0.104. The Morgan fingerprint density at radius 3 is 2.20 bits per heavy atom. The second kappa shape index (κ2) is 5.72. The first-order chi connectivity index (χ1) is 6.73. The van der Waals surface area contributed by atoms with E-state index >= 15 is 0 Å². The maximum Gasteiger partial charge on any atom is 0.185 e. The smallest absolute Gasteiger partial charge is 0.185 e. The van der Waals surface area contributed by atoms with Gasteiger partial charge < -0.3 is 4.43 Å². The van der Waals surface area contributed by atoms with Crippen LogP contribution in [0.25, 0.3) is 0 Å². The van der Waals surface area contributed by atoms with Crippen molar-refractivity contribution in [3.8, 4) is 12.3 Å². The molecule has 0 saturated carbocycles. The van der Waals surface area contributed by atoms with Crippen LogP contribution in [0.3, 0.4) is 0 Å². The molecule has 0 aromatic carbocycles. The Labute approximate surface area is 96.7 Å². The van der Waals surface area contributed by atoms with Crippen LogP contribution in [0.2, 0.25) is 19.6 Å². The molecule has 0 fully saturated rings. The van der Waals surface area contributed by atoms with Crippen molar-refractivity contribution in [3.05, 3.63) is 0 Å². The van der Waals surface area contributed by atoms with Crippen molar-refractivity contribution in [2.24, 2.45) is 5.41 Å². The number of hydrogen-bond acceptors (Lipinski definition) is 1. The van der Waals surface area contributed by atoms with Gasteiger partial charge in [0.1, 0.15) is 6.10 Å². The molecule has 0 aromatic heterocycles. The van der Waals surface area contributed by atoms with Crippen molar-refractivity contribution in [1.29, 1.82) is 0 Å². The molecule has 0 aromatic rings. The third-order valence-electron chi connectivity index (χ3n) is 2.51.